The number of hydrogen-bond donors (Lipinski definition) is 1. The summed E-state index contributed by atoms with van der Waals surface area (Å²) in [6.45, 7) is 10.2. The summed E-state index contributed by atoms with van der Waals surface area (Å²) >= 11 is 0. The van der Waals surface area contributed by atoms with Gasteiger partial charge in [-0.25, -0.2) is 0 Å². The maximum atomic E-state index is 12.3. The Labute approximate surface area is 114 Å². The zero-order valence-corrected chi connectivity index (χ0v) is 11.2. The van der Waals surface area contributed by atoms with Crippen LogP contribution < -0.4 is 5.32 Å². The highest BCUT2D eigenvalue weighted by atomic mass is 16.1. The van der Waals surface area contributed by atoms with Crippen LogP contribution in [0.2, 0.25) is 0 Å². The number of Topliss-reactive ketones (excluding diaryl/α,β-unsaturated/α-hetero) is 1. The van der Waals surface area contributed by atoms with E-state index < -0.39 is 0 Å². The number of carbonyl (C=O) groups is 1. The van der Waals surface area contributed by atoms with Crippen molar-refractivity contribution in [3.05, 3.63) is 54.6 Å². The lowest BCUT2D eigenvalue weighted by molar-refractivity contribution is 0.0944. The molecule has 0 saturated carbocycles. The zero-order chi connectivity index (χ0) is 13.7. The molecular formula is C16H20N2O. The molecule has 1 aromatic rings. The van der Waals surface area contributed by atoms with Crippen molar-refractivity contribution >= 4 is 11.5 Å². The first-order valence-corrected chi connectivity index (χ1v) is 6.58. The van der Waals surface area contributed by atoms with Crippen LogP contribution in [-0.2, 0) is 6.42 Å². The van der Waals surface area contributed by atoms with E-state index in [0.29, 0.717) is 19.6 Å². The Bertz CT molecular complexity index is 484. The zero-order valence-electron chi connectivity index (χ0n) is 11.2. The minimum atomic E-state index is 0.151. The third kappa shape index (κ3) is 3.32. The fourth-order valence-electron chi connectivity index (χ4n) is 2.34. The molecule has 0 fully saturated rings. The molecule has 0 unspecified atom stereocenters. The largest absolute Gasteiger partial charge is 0.384 e. The second-order valence-corrected chi connectivity index (χ2v) is 4.74. The molecule has 0 aliphatic carbocycles. The van der Waals surface area contributed by atoms with Crippen LogP contribution in [0.15, 0.2) is 43.5 Å². The van der Waals surface area contributed by atoms with Crippen molar-refractivity contribution in [1.29, 1.82) is 0 Å². The van der Waals surface area contributed by atoms with Crippen molar-refractivity contribution in [2.45, 2.75) is 6.42 Å². The van der Waals surface area contributed by atoms with Crippen LogP contribution in [0, 0.1) is 0 Å². The van der Waals surface area contributed by atoms with Crippen molar-refractivity contribution in [1.82, 2.24) is 4.90 Å². The molecule has 0 aromatic heterocycles. The molecule has 0 bridgehead atoms. The van der Waals surface area contributed by atoms with Crippen molar-refractivity contribution in [3.8, 4) is 0 Å². The van der Waals surface area contributed by atoms with Gasteiger partial charge in [0.15, 0.2) is 5.78 Å². The van der Waals surface area contributed by atoms with Gasteiger partial charge in [0.25, 0.3) is 0 Å². The summed E-state index contributed by atoms with van der Waals surface area (Å²) in [5, 5.41) is 3.30. The fraction of sp³-hybridized carbons (Fsp3) is 0.312. The first-order chi connectivity index (χ1) is 9.24. The molecule has 19 heavy (non-hydrogen) atoms. The van der Waals surface area contributed by atoms with Crippen LogP contribution in [0.3, 0.4) is 0 Å². The fourth-order valence-corrected chi connectivity index (χ4v) is 2.34. The molecule has 0 saturated heterocycles. The van der Waals surface area contributed by atoms with Gasteiger partial charge in [-0.1, -0.05) is 12.2 Å². The molecule has 2 rings (SSSR count). The smallest absolute Gasteiger partial charge is 0.176 e. The monoisotopic (exact) mass is 256 g/mol. The average Bonchev–Trinajstić information content (AvgIpc) is 2.86. The van der Waals surface area contributed by atoms with Crippen LogP contribution >= 0.6 is 0 Å². The Morgan fingerprint density at radius 1 is 1.32 bits per heavy atom. The lowest BCUT2D eigenvalue weighted by Crippen LogP contribution is -2.30. The quantitative estimate of drug-likeness (QED) is 0.601. The lowest BCUT2D eigenvalue weighted by Gasteiger charge is -2.17. The highest BCUT2D eigenvalue weighted by Gasteiger charge is 2.15. The van der Waals surface area contributed by atoms with Crippen LogP contribution in [-0.4, -0.2) is 36.9 Å². The first-order valence-electron chi connectivity index (χ1n) is 6.58. The molecule has 1 aliphatic rings. The predicted octanol–water partition coefficient (Wildman–Crippen LogP) is 2.51. The van der Waals surface area contributed by atoms with E-state index in [4.69, 9.17) is 0 Å². The molecule has 3 nitrogen and oxygen atoms in total. The van der Waals surface area contributed by atoms with Gasteiger partial charge in [-0.3, -0.25) is 9.69 Å². The highest BCUT2D eigenvalue weighted by molar-refractivity contribution is 5.98. The van der Waals surface area contributed by atoms with Gasteiger partial charge in [-0.15, -0.1) is 13.2 Å². The second kappa shape index (κ2) is 6.34. The normalized spacial score (nSPS) is 12.9. The maximum Gasteiger partial charge on any atom is 0.176 e. The van der Waals surface area contributed by atoms with Gasteiger partial charge < -0.3 is 5.32 Å². The molecule has 1 N–H and O–H groups in total. The summed E-state index contributed by atoms with van der Waals surface area (Å²) in [6.07, 6.45) is 4.62. The van der Waals surface area contributed by atoms with Gasteiger partial charge in [-0.2, -0.15) is 0 Å². The van der Waals surface area contributed by atoms with Gasteiger partial charge in [0.1, 0.15) is 0 Å². The maximum absolute atomic E-state index is 12.3. The van der Waals surface area contributed by atoms with Gasteiger partial charge in [-0.05, 0) is 30.2 Å². The van der Waals surface area contributed by atoms with Gasteiger partial charge in [0.2, 0.25) is 0 Å². The standard InChI is InChI=1S/C16H20N2O/c1-3-9-18(10-4-2)12-16(19)14-5-6-15-13(11-14)7-8-17-15/h3-6,11,17H,1-2,7-10,12H2. The number of nitrogens with one attached hydrogen (secondary N) is 1. The summed E-state index contributed by atoms with van der Waals surface area (Å²) < 4.78 is 0. The molecule has 0 radical (unpaired) electrons. The van der Waals surface area contributed by atoms with Gasteiger partial charge >= 0.3 is 0 Å². The summed E-state index contributed by atoms with van der Waals surface area (Å²) in [5.74, 6) is 0.151. The third-order valence-corrected chi connectivity index (χ3v) is 3.28. The minimum Gasteiger partial charge on any atom is -0.384 e. The van der Waals surface area contributed by atoms with Crippen LogP contribution in [0.5, 0.6) is 0 Å². The summed E-state index contributed by atoms with van der Waals surface area (Å²) in [6, 6.07) is 5.91. The van der Waals surface area contributed by atoms with Crippen LogP contribution in [0.4, 0.5) is 5.69 Å². The van der Waals surface area contributed by atoms with E-state index in [9.17, 15) is 4.79 Å². The molecule has 0 spiro atoms. The van der Waals surface area contributed by atoms with Crippen molar-refractivity contribution in [3.63, 3.8) is 0 Å². The van der Waals surface area contributed by atoms with Crippen molar-refractivity contribution in [2.75, 3.05) is 31.5 Å². The average molecular weight is 256 g/mol. The number of nitrogens with zero attached hydrogens (tertiary/aromatic N) is 1. The second-order valence-electron chi connectivity index (χ2n) is 4.74. The summed E-state index contributed by atoms with van der Waals surface area (Å²) in [4.78, 5) is 14.3. The number of fused-ring (bicyclic) bond motifs is 1. The number of carbonyl (C=O) groups excluding carboxylic acids is 1. The Morgan fingerprint density at radius 2 is 2.05 bits per heavy atom. The lowest BCUT2D eigenvalue weighted by atomic mass is 10.0. The Morgan fingerprint density at radius 3 is 2.74 bits per heavy atom. The predicted molar refractivity (Wildman–Crippen MR) is 79.8 cm³/mol. The van der Waals surface area contributed by atoms with Gasteiger partial charge in [0.05, 0.1) is 6.54 Å². The van der Waals surface area contributed by atoms with E-state index >= 15 is 0 Å². The number of benzene rings is 1. The number of rotatable bonds is 7. The van der Waals surface area contributed by atoms with E-state index in [2.05, 4.69) is 18.5 Å². The van der Waals surface area contributed by atoms with E-state index in [1.165, 1.54) is 5.56 Å². The highest BCUT2D eigenvalue weighted by Crippen LogP contribution is 2.23. The molecule has 1 aliphatic heterocycles. The third-order valence-electron chi connectivity index (χ3n) is 3.28. The Hall–Kier alpha value is -1.87. The number of ketones is 1. The molecule has 0 atom stereocenters. The first kappa shape index (κ1) is 13.6. The molecular weight excluding hydrogens is 236 g/mol. The SMILES string of the molecule is C=CCN(CC=C)CC(=O)c1ccc2c(c1)CCN2. The van der Waals surface area contributed by atoms with E-state index in [0.717, 1.165) is 24.2 Å². The van der Waals surface area contributed by atoms with E-state index in [1.807, 2.05) is 35.3 Å². The van der Waals surface area contributed by atoms with Crippen molar-refractivity contribution in [2.24, 2.45) is 0 Å². The Balaban J connectivity index is 2.06. The molecule has 0 amide bonds. The van der Waals surface area contributed by atoms with E-state index in [-0.39, 0.29) is 5.78 Å². The topological polar surface area (TPSA) is 32.3 Å². The minimum absolute atomic E-state index is 0.151. The van der Waals surface area contributed by atoms with E-state index in [1.54, 1.807) is 0 Å². The summed E-state index contributed by atoms with van der Waals surface area (Å²) in [5.41, 5.74) is 3.19. The van der Waals surface area contributed by atoms with Crippen molar-refractivity contribution < 1.29 is 4.79 Å². The summed E-state index contributed by atoms with van der Waals surface area (Å²) in [7, 11) is 0. The Kier molecular flexibility index (Phi) is 4.53. The molecule has 1 heterocycles. The molecule has 3 heteroatoms. The molecule has 100 valence electrons. The van der Waals surface area contributed by atoms with Crippen LogP contribution in [0.1, 0.15) is 15.9 Å². The van der Waals surface area contributed by atoms with Crippen LogP contribution in [0.25, 0.3) is 0 Å². The number of anilines is 1. The molecule has 1 aromatic carbocycles. The van der Waals surface area contributed by atoms with Gasteiger partial charge in [0, 0.05) is 30.9 Å². The number of hydrogen-bond acceptors (Lipinski definition) is 3.